The molecule has 0 amide bonds. The predicted octanol–water partition coefficient (Wildman–Crippen LogP) is 14.4. The van der Waals surface area contributed by atoms with Crippen LogP contribution in [0.15, 0.2) is 47.8 Å². The van der Waals surface area contributed by atoms with Crippen LogP contribution in [0.1, 0.15) is 112 Å². The summed E-state index contributed by atoms with van der Waals surface area (Å²) in [4.78, 5) is 0. The number of benzene rings is 4. The standard InChI is InChI=1S/C45H58SSi2/c1-15-35-23-38-26-43-39(17-20-47(28(2)3,29(4)5)30(6)7)41-24-36-16-19-46-45(36)27-44(41)40(42(43)25-37(38)22-34(35)14)18-21-48(31(8)9,32(10)11)33(12)13/h16,19,22-33H,15H2,1-14H3. The van der Waals surface area contributed by atoms with E-state index >= 15 is 0 Å². The van der Waals surface area contributed by atoms with Crippen LogP contribution in [0.3, 0.4) is 0 Å². The summed E-state index contributed by atoms with van der Waals surface area (Å²) in [6.07, 6.45) is 1.04. The SMILES string of the molecule is CCc1cc2cc3c(C#C[Si](C(C)C)(C(C)C)C(C)C)c4cc5ccsc5cc4c(C#C[Si](C(C)C)(C(C)C)C(C)C)c3cc2cc1C. The van der Waals surface area contributed by atoms with Crippen molar-refractivity contribution in [2.45, 2.75) is 137 Å². The Morgan fingerprint density at radius 1 is 0.542 bits per heavy atom. The summed E-state index contributed by atoms with van der Waals surface area (Å²) in [7, 11) is -3.95. The number of aryl methyl sites for hydroxylation is 2. The van der Waals surface area contributed by atoms with Gasteiger partial charge in [0.2, 0.25) is 0 Å². The van der Waals surface area contributed by atoms with Crippen molar-refractivity contribution in [1.29, 1.82) is 0 Å². The van der Waals surface area contributed by atoms with Gasteiger partial charge in [-0.15, -0.1) is 22.4 Å². The van der Waals surface area contributed by atoms with E-state index in [1.807, 2.05) is 11.3 Å². The molecule has 5 aromatic rings. The summed E-state index contributed by atoms with van der Waals surface area (Å²) >= 11 is 1.83. The molecule has 0 fully saturated rings. The van der Waals surface area contributed by atoms with E-state index in [0.717, 1.165) is 6.42 Å². The zero-order chi connectivity index (χ0) is 35.3. The Balaban J connectivity index is 2.04. The normalized spacial score (nSPS) is 12.8. The Labute approximate surface area is 298 Å². The summed E-state index contributed by atoms with van der Waals surface area (Å²) in [6, 6.07) is 16.8. The first-order chi connectivity index (χ1) is 22.6. The van der Waals surface area contributed by atoms with Gasteiger partial charge in [-0.25, -0.2) is 0 Å². The van der Waals surface area contributed by atoms with Gasteiger partial charge in [0.05, 0.1) is 0 Å². The zero-order valence-electron chi connectivity index (χ0n) is 32.2. The fraction of sp³-hybridized carbons (Fsp3) is 0.467. The highest BCUT2D eigenvalue weighted by Crippen LogP contribution is 2.44. The highest BCUT2D eigenvalue weighted by molar-refractivity contribution is 7.17. The Bertz CT molecular complexity index is 2070. The lowest BCUT2D eigenvalue weighted by Gasteiger charge is -2.38. The highest BCUT2D eigenvalue weighted by Gasteiger charge is 2.43. The Morgan fingerprint density at radius 3 is 1.35 bits per heavy atom. The number of hydrogen-bond donors (Lipinski definition) is 0. The number of rotatable bonds is 7. The fourth-order valence-electron chi connectivity index (χ4n) is 9.50. The predicted molar refractivity (Wildman–Crippen MR) is 224 cm³/mol. The second-order valence-corrected chi connectivity index (χ2v) is 28.4. The molecular weight excluding hydrogens is 629 g/mol. The second kappa shape index (κ2) is 13.8. The van der Waals surface area contributed by atoms with Crippen molar-refractivity contribution in [3.8, 4) is 22.9 Å². The first-order valence-electron chi connectivity index (χ1n) is 18.5. The third-order valence-electron chi connectivity index (χ3n) is 12.0. The van der Waals surface area contributed by atoms with Crippen LogP contribution in [0.25, 0.3) is 42.4 Å². The second-order valence-electron chi connectivity index (χ2n) is 16.3. The third-order valence-corrected chi connectivity index (χ3v) is 25.5. The number of fused-ring (bicyclic) bond motifs is 4. The molecule has 0 aliphatic rings. The lowest BCUT2D eigenvalue weighted by Crippen LogP contribution is -2.43. The van der Waals surface area contributed by atoms with Gasteiger partial charge in [0.25, 0.3) is 0 Å². The van der Waals surface area contributed by atoms with E-state index in [-0.39, 0.29) is 0 Å². The topological polar surface area (TPSA) is 0 Å². The smallest absolute Gasteiger partial charge is 0.144 e. The molecule has 1 aromatic heterocycles. The van der Waals surface area contributed by atoms with E-state index in [1.165, 1.54) is 64.7 Å². The van der Waals surface area contributed by atoms with Gasteiger partial charge in [-0.2, -0.15) is 0 Å². The number of hydrogen-bond acceptors (Lipinski definition) is 1. The molecule has 0 saturated heterocycles. The molecule has 0 nitrogen and oxygen atoms in total. The molecule has 4 aromatic carbocycles. The molecular formula is C45H58SSi2. The van der Waals surface area contributed by atoms with Crippen LogP contribution in [-0.2, 0) is 6.42 Å². The molecule has 0 spiro atoms. The van der Waals surface area contributed by atoms with Crippen molar-refractivity contribution in [3.05, 3.63) is 70.1 Å². The van der Waals surface area contributed by atoms with E-state index in [0.29, 0.717) is 33.2 Å². The molecule has 0 unspecified atom stereocenters. The van der Waals surface area contributed by atoms with Crippen molar-refractivity contribution in [3.63, 3.8) is 0 Å². The first kappa shape index (κ1) is 36.5. The quantitative estimate of drug-likeness (QED) is 0.0908. The lowest BCUT2D eigenvalue weighted by molar-refractivity contribution is 0.838. The largest absolute Gasteiger partial charge is 0.146 e. The van der Waals surface area contributed by atoms with Gasteiger partial charge in [0.1, 0.15) is 16.1 Å². The van der Waals surface area contributed by atoms with Crippen LogP contribution in [-0.4, -0.2) is 16.1 Å². The molecule has 0 atom stereocenters. The average Bonchev–Trinajstić information content (AvgIpc) is 3.46. The summed E-state index contributed by atoms with van der Waals surface area (Å²) in [5, 5.41) is 11.2. The summed E-state index contributed by atoms with van der Waals surface area (Å²) in [5.41, 5.74) is 16.9. The molecule has 0 aliphatic heterocycles. The van der Waals surface area contributed by atoms with Crippen molar-refractivity contribution in [2.24, 2.45) is 0 Å². The number of thiophene rings is 1. The molecule has 3 heteroatoms. The highest BCUT2D eigenvalue weighted by atomic mass is 32.1. The van der Waals surface area contributed by atoms with Gasteiger partial charge < -0.3 is 0 Å². The van der Waals surface area contributed by atoms with E-state index < -0.39 is 16.1 Å². The summed E-state index contributed by atoms with van der Waals surface area (Å²) in [5.74, 6) is 8.01. The molecule has 0 bridgehead atoms. The lowest BCUT2D eigenvalue weighted by atomic mass is 9.89. The van der Waals surface area contributed by atoms with E-state index in [2.05, 4.69) is 168 Å². The Kier molecular flexibility index (Phi) is 10.5. The van der Waals surface area contributed by atoms with Gasteiger partial charge >= 0.3 is 0 Å². The van der Waals surface area contributed by atoms with Crippen LogP contribution in [0.5, 0.6) is 0 Å². The third kappa shape index (κ3) is 6.00. The van der Waals surface area contributed by atoms with Crippen molar-refractivity contribution in [1.82, 2.24) is 0 Å². The van der Waals surface area contributed by atoms with E-state index in [4.69, 9.17) is 0 Å². The van der Waals surface area contributed by atoms with Crippen LogP contribution in [0.4, 0.5) is 0 Å². The van der Waals surface area contributed by atoms with Gasteiger partial charge in [-0.05, 0) is 126 Å². The van der Waals surface area contributed by atoms with Crippen LogP contribution in [0, 0.1) is 29.9 Å². The summed E-state index contributed by atoms with van der Waals surface area (Å²) < 4.78 is 1.32. The zero-order valence-corrected chi connectivity index (χ0v) is 35.0. The van der Waals surface area contributed by atoms with Gasteiger partial charge in [0, 0.05) is 21.2 Å². The molecule has 5 rings (SSSR count). The average molecular weight is 687 g/mol. The minimum Gasteiger partial charge on any atom is -0.144 e. The van der Waals surface area contributed by atoms with Crippen molar-refractivity contribution >= 4 is 69.9 Å². The van der Waals surface area contributed by atoms with Crippen LogP contribution >= 0.6 is 11.3 Å². The van der Waals surface area contributed by atoms with Crippen molar-refractivity contribution < 1.29 is 0 Å². The molecule has 0 radical (unpaired) electrons. The minimum absolute atomic E-state index is 0.577. The van der Waals surface area contributed by atoms with Gasteiger partial charge in [-0.3, -0.25) is 0 Å². The van der Waals surface area contributed by atoms with Crippen molar-refractivity contribution in [2.75, 3.05) is 0 Å². The molecule has 0 aliphatic carbocycles. The molecule has 252 valence electrons. The summed E-state index contributed by atoms with van der Waals surface area (Å²) in [6.45, 7) is 33.5. The molecule has 48 heavy (non-hydrogen) atoms. The molecule has 0 saturated carbocycles. The monoisotopic (exact) mass is 686 g/mol. The molecule has 0 N–H and O–H groups in total. The van der Waals surface area contributed by atoms with Gasteiger partial charge in [0.15, 0.2) is 0 Å². The van der Waals surface area contributed by atoms with Crippen LogP contribution < -0.4 is 0 Å². The fourth-order valence-corrected chi connectivity index (χ4v) is 20.7. The first-order valence-corrected chi connectivity index (χ1v) is 23.8. The Morgan fingerprint density at radius 2 is 0.938 bits per heavy atom. The van der Waals surface area contributed by atoms with E-state index in [1.54, 1.807) is 0 Å². The van der Waals surface area contributed by atoms with E-state index in [9.17, 15) is 0 Å². The molecule has 1 heterocycles. The maximum atomic E-state index is 4.14. The van der Waals surface area contributed by atoms with Crippen LogP contribution in [0.2, 0.25) is 33.2 Å². The maximum absolute atomic E-state index is 4.14. The minimum atomic E-state index is -1.97. The van der Waals surface area contributed by atoms with Gasteiger partial charge in [-0.1, -0.05) is 114 Å². The Hall–Kier alpha value is -2.83. The maximum Gasteiger partial charge on any atom is 0.146 e.